The van der Waals surface area contributed by atoms with E-state index in [2.05, 4.69) is 29.2 Å². The van der Waals surface area contributed by atoms with Crippen LogP contribution in [0.5, 0.6) is 17.2 Å². The van der Waals surface area contributed by atoms with Gasteiger partial charge in [-0.15, -0.1) is 0 Å². The Morgan fingerprint density at radius 2 is 1.94 bits per heavy atom. The maximum absolute atomic E-state index is 12.9. The Hall–Kier alpha value is -2.53. The van der Waals surface area contributed by atoms with E-state index in [9.17, 15) is 14.0 Å². The second-order valence-electron chi connectivity index (χ2n) is 6.27. The lowest BCUT2D eigenvalue weighted by molar-refractivity contribution is -0.123. The standard InChI is InChI=1S/C22H19FINO5S/c1-3-9-30-20-17(24)11-14(12-18(20)28-2)13-19-21(26)25(22(27)31-19)8-10-29-16-6-4-15(23)5-7-16/h3-7,11-13H,1,8-10H2,2H3/b19-13-. The molecule has 31 heavy (non-hydrogen) atoms. The van der Waals surface area contributed by atoms with Crippen LogP contribution in [0.25, 0.3) is 6.08 Å². The number of nitrogens with zero attached hydrogens (tertiary/aromatic N) is 1. The molecule has 9 heteroatoms. The fraction of sp³-hybridized carbons (Fsp3) is 0.182. The van der Waals surface area contributed by atoms with Crippen LogP contribution in [0.1, 0.15) is 5.56 Å². The van der Waals surface area contributed by atoms with Crippen molar-refractivity contribution in [1.29, 1.82) is 0 Å². The van der Waals surface area contributed by atoms with Crippen LogP contribution in [0.3, 0.4) is 0 Å². The summed E-state index contributed by atoms with van der Waals surface area (Å²) in [5.41, 5.74) is 0.709. The predicted octanol–water partition coefficient (Wildman–Crippen LogP) is 5.12. The molecule has 3 rings (SSSR count). The molecule has 0 aliphatic carbocycles. The number of imide groups is 1. The molecule has 1 aliphatic heterocycles. The zero-order valence-corrected chi connectivity index (χ0v) is 19.6. The van der Waals surface area contributed by atoms with Crippen molar-refractivity contribution in [2.24, 2.45) is 0 Å². The number of hydrogen-bond donors (Lipinski definition) is 0. The van der Waals surface area contributed by atoms with Gasteiger partial charge < -0.3 is 14.2 Å². The Morgan fingerprint density at radius 1 is 1.19 bits per heavy atom. The van der Waals surface area contributed by atoms with Gasteiger partial charge in [-0.2, -0.15) is 0 Å². The molecule has 0 spiro atoms. The molecule has 0 unspecified atom stereocenters. The summed E-state index contributed by atoms with van der Waals surface area (Å²) in [6, 6.07) is 9.11. The Bertz CT molecular complexity index is 1030. The van der Waals surface area contributed by atoms with Crippen LogP contribution < -0.4 is 14.2 Å². The van der Waals surface area contributed by atoms with Crippen molar-refractivity contribution in [2.75, 3.05) is 26.9 Å². The number of halogens is 2. The second-order valence-corrected chi connectivity index (χ2v) is 8.42. The minimum Gasteiger partial charge on any atom is -0.493 e. The Balaban J connectivity index is 1.70. The molecule has 0 atom stereocenters. The molecule has 0 aromatic heterocycles. The number of thioether (sulfide) groups is 1. The van der Waals surface area contributed by atoms with Gasteiger partial charge in [-0.25, -0.2) is 4.39 Å². The molecule has 1 fully saturated rings. The van der Waals surface area contributed by atoms with Crippen molar-refractivity contribution in [3.8, 4) is 17.2 Å². The molecule has 0 radical (unpaired) electrons. The first kappa shape index (κ1) is 23.1. The van der Waals surface area contributed by atoms with E-state index in [0.29, 0.717) is 34.3 Å². The number of carbonyl (C=O) groups excluding carboxylic acids is 2. The predicted molar refractivity (Wildman–Crippen MR) is 126 cm³/mol. The summed E-state index contributed by atoms with van der Waals surface area (Å²) < 4.78 is 30.3. The average Bonchev–Trinajstić information content (AvgIpc) is 3.01. The van der Waals surface area contributed by atoms with Crippen molar-refractivity contribution < 1.29 is 28.2 Å². The van der Waals surface area contributed by atoms with Gasteiger partial charge in [0.05, 0.1) is 22.1 Å². The highest BCUT2D eigenvalue weighted by molar-refractivity contribution is 14.1. The SMILES string of the molecule is C=CCOc1c(I)cc(/C=C2\SC(=O)N(CCOc3ccc(F)cc3)C2=O)cc1OC. The monoisotopic (exact) mass is 555 g/mol. The summed E-state index contributed by atoms with van der Waals surface area (Å²) in [4.78, 5) is 26.4. The summed E-state index contributed by atoms with van der Waals surface area (Å²) in [5, 5.41) is -0.369. The third kappa shape index (κ3) is 5.79. The van der Waals surface area contributed by atoms with Crippen LogP contribution in [0.15, 0.2) is 54.0 Å². The number of methoxy groups -OCH3 is 1. The summed E-state index contributed by atoms with van der Waals surface area (Å²) in [7, 11) is 1.53. The second kappa shape index (κ2) is 10.7. The molecule has 2 aromatic rings. The molecule has 0 bridgehead atoms. The molecule has 0 N–H and O–H groups in total. The smallest absolute Gasteiger partial charge is 0.293 e. The van der Waals surface area contributed by atoms with Crippen molar-refractivity contribution >= 4 is 51.6 Å². The topological polar surface area (TPSA) is 65.1 Å². The van der Waals surface area contributed by atoms with Crippen molar-refractivity contribution in [3.05, 3.63) is 68.9 Å². The van der Waals surface area contributed by atoms with Gasteiger partial charge in [-0.3, -0.25) is 14.5 Å². The summed E-state index contributed by atoms with van der Waals surface area (Å²) in [5.74, 6) is 0.816. The largest absolute Gasteiger partial charge is 0.493 e. The zero-order chi connectivity index (χ0) is 22.4. The van der Waals surface area contributed by atoms with E-state index in [1.165, 1.54) is 31.4 Å². The Kier molecular flexibility index (Phi) is 7.97. The molecular formula is C22H19FINO5S. The molecule has 0 saturated carbocycles. The number of benzene rings is 2. The first-order valence-corrected chi connectivity index (χ1v) is 11.1. The van der Waals surface area contributed by atoms with Gasteiger partial charge in [-0.1, -0.05) is 12.7 Å². The molecule has 1 saturated heterocycles. The van der Waals surface area contributed by atoms with E-state index < -0.39 is 5.91 Å². The quantitative estimate of drug-likeness (QED) is 0.243. The maximum Gasteiger partial charge on any atom is 0.293 e. The van der Waals surface area contributed by atoms with Crippen LogP contribution in [-0.2, 0) is 4.79 Å². The lowest BCUT2D eigenvalue weighted by Gasteiger charge is -2.13. The lowest BCUT2D eigenvalue weighted by atomic mass is 10.2. The minimum atomic E-state index is -0.390. The van der Waals surface area contributed by atoms with E-state index in [0.717, 1.165) is 20.2 Å². The molecule has 1 heterocycles. The normalized spacial score (nSPS) is 14.8. The van der Waals surface area contributed by atoms with Gasteiger partial charge in [0, 0.05) is 0 Å². The van der Waals surface area contributed by atoms with E-state index >= 15 is 0 Å². The molecule has 6 nitrogen and oxygen atoms in total. The van der Waals surface area contributed by atoms with E-state index in [1.807, 2.05) is 6.07 Å². The zero-order valence-electron chi connectivity index (χ0n) is 16.6. The third-order valence-electron chi connectivity index (χ3n) is 4.17. The summed E-state index contributed by atoms with van der Waals surface area (Å²) >= 11 is 2.99. The van der Waals surface area contributed by atoms with Gasteiger partial charge in [0.1, 0.15) is 24.8 Å². The van der Waals surface area contributed by atoms with Crippen molar-refractivity contribution in [3.63, 3.8) is 0 Å². The van der Waals surface area contributed by atoms with Gasteiger partial charge in [-0.05, 0) is 82.4 Å². The summed E-state index contributed by atoms with van der Waals surface area (Å²) in [6.07, 6.45) is 3.28. The van der Waals surface area contributed by atoms with Gasteiger partial charge >= 0.3 is 0 Å². The molecule has 2 amide bonds. The number of rotatable bonds is 9. The Morgan fingerprint density at radius 3 is 2.61 bits per heavy atom. The first-order valence-electron chi connectivity index (χ1n) is 9.18. The average molecular weight is 555 g/mol. The van der Waals surface area contributed by atoms with Crippen LogP contribution in [0.2, 0.25) is 0 Å². The van der Waals surface area contributed by atoms with E-state index in [4.69, 9.17) is 14.2 Å². The van der Waals surface area contributed by atoms with Gasteiger partial charge in [0.15, 0.2) is 11.5 Å². The fourth-order valence-electron chi connectivity index (χ4n) is 2.74. The Labute approximate surface area is 197 Å². The third-order valence-corrected chi connectivity index (χ3v) is 5.87. The van der Waals surface area contributed by atoms with Crippen LogP contribution in [-0.4, -0.2) is 42.9 Å². The molecule has 1 aliphatic rings. The number of ether oxygens (including phenoxy) is 3. The van der Waals surface area contributed by atoms with Crippen LogP contribution >= 0.6 is 34.4 Å². The maximum atomic E-state index is 12.9. The lowest BCUT2D eigenvalue weighted by Crippen LogP contribution is -2.32. The highest BCUT2D eigenvalue weighted by Gasteiger charge is 2.34. The number of hydrogen-bond acceptors (Lipinski definition) is 6. The molecular weight excluding hydrogens is 536 g/mol. The molecule has 162 valence electrons. The summed E-state index contributed by atoms with van der Waals surface area (Å²) in [6.45, 7) is 4.17. The van der Waals surface area contributed by atoms with Crippen molar-refractivity contribution in [2.45, 2.75) is 0 Å². The number of amides is 2. The highest BCUT2D eigenvalue weighted by atomic mass is 127. The van der Waals surface area contributed by atoms with Crippen LogP contribution in [0.4, 0.5) is 9.18 Å². The molecule has 2 aromatic carbocycles. The number of carbonyl (C=O) groups is 2. The van der Waals surface area contributed by atoms with E-state index in [-0.39, 0.29) is 24.2 Å². The minimum absolute atomic E-state index is 0.0918. The fourth-order valence-corrected chi connectivity index (χ4v) is 4.38. The van der Waals surface area contributed by atoms with Crippen LogP contribution in [0, 0.1) is 9.39 Å². The van der Waals surface area contributed by atoms with Gasteiger partial charge in [0.25, 0.3) is 11.1 Å². The highest BCUT2D eigenvalue weighted by Crippen LogP contribution is 2.37. The van der Waals surface area contributed by atoms with Gasteiger partial charge in [0.2, 0.25) is 0 Å². The van der Waals surface area contributed by atoms with Crippen molar-refractivity contribution in [1.82, 2.24) is 4.90 Å². The first-order chi connectivity index (χ1) is 14.9. The van der Waals surface area contributed by atoms with E-state index in [1.54, 1.807) is 18.2 Å².